The van der Waals surface area contributed by atoms with Gasteiger partial charge in [-0.15, -0.1) is 0 Å². The number of aromatic nitrogens is 2. The highest BCUT2D eigenvalue weighted by Crippen LogP contribution is 2.46. The molecule has 1 aromatic heterocycles. The second kappa shape index (κ2) is 5.68. The van der Waals surface area contributed by atoms with E-state index in [9.17, 15) is 0 Å². The van der Waals surface area contributed by atoms with Gasteiger partial charge in [0, 0.05) is 18.4 Å². The first-order chi connectivity index (χ1) is 9.41. The fraction of sp³-hybridized carbons (Fsp3) is 0.750. The van der Waals surface area contributed by atoms with E-state index >= 15 is 0 Å². The minimum atomic E-state index is -0.344. The van der Waals surface area contributed by atoms with Gasteiger partial charge in [0.1, 0.15) is 11.4 Å². The van der Waals surface area contributed by atoms with E-state index in [0.717, 1.165) is 43.6 Å². The van der Waals surface area contributed by atoms with Crippen molar-refractivity contribution in [3.05, 3.63) is 17.6 Å². The Morgan fingerprint density at radius 1 is 1.15 bits per heavy atom. The standard InChI is InChI=1S/C16H27N3O/c1-5-12-11-13(17)19-14(18-12)16(20-6-2)9-7-15(3,4)8-10-16/h11H,5-10H2,1-4H3,(H2,17,18,19). The van der Waals surface area contributed by atoms with E-state index < -0.39 is 0 Å². The smallest absolute Gasteiger partial charge is 0.162 e. The summed E-state index contributed by atoms with van der Waals surface area (Å²) in [6, 6.07) is 1.86. The molecule has 0 saturated heterocycles. The van der Waals surface area contributed by atoms with Crippen LogP contribution in [0.1, 0.15) is 64.9 Å². The number of nitrogens with two attached hydrogens (primary N) is 1. The largest absolute Gasteiger partial charge is 0.384 e. The second-order valence-corrected chi connectivity index (χ2v) is 6.55. The van der Waals surface area contributed by atoms with Gasteiger partial charge in [-0.25, -0.2) is 9.97 Å². The predicted molar refractivity (Wildman–Crippen MR) is 81.4 cm³/mol. The molecule has 112 valence electrons. The lowest BCUT2D eigenvalue weighted by Crippen LogP contribution is -2.39. The van der Waals surface area contributed by atoms with Crippen molar-refractivity contribution in [3.8, 4) is 0 Å². The molecule has 4 nitrogen and oxygen atoms in total. The van der Waals surface area contributed by atoms with E-state index in [2.05, 4.69) is 25.8 Å². The van der Waals surface area contributed by atoms with Gasteiger partial charge in [-0.1, -0.05) is 20.8 Å². The summed E-state index contributed by atoms with van der Waals surface area (Å²) in [5, 5.41) is 0. The maximum atomic E-state index is 6.12. The molecule has 1 saturated carbocycles. The topological polar surface area (TPSA) is 61.0 Å². The van der Waals surface area contributed by atoms with Crippen LogP contribution in [0, 0.1) is 5.41 Å². The summed E-state index contributed by atoms with van der Waals surface area (Å²) in [4.78, 5) is 9.18. The fourth-order valence-corrected chi connectivity index (χ4v) is 2.94. The Bertz CT molecular complexity index is 461. The molecule has 0 amide bonds. The van der Waals surface area contributed by atoms with Gasteiger partial charge in [-0.2, -0.15) is 0 Å². The quantitative estimate of drug-likeness (QED) is 0.915. The number of rotatable bonds is 4. The van der Waals surface area contributed by atoms with Crippen LogP contribution >= 0.6 is 0 Å². The van der Waals surface area contributed by atoms with E-state index in [1.165, 1.54) is 0 Å². The molecule has 1 heterocycles. The lowest BCUT2D eigenvalue weighted by molar-refractivity contribution is -0.0948. The van der Waals surface area contributed by atoms with E-state index in [0.29, 0.717) is 17.8 Å². The van der Waals surface area contributed by atoms with Crippen LogP contribution in [0.5, 0.6) is 0 Å². The first kappa shape index (κ1) is 15.2. The van der Waals surface area contributed by atoms with Gasteiger partial charge < -0.3 is 10.5 Å². The molecular formula is C16H27N3O. The van der Waals surface area contributed by atoms with Gasteiger partial charge >= 0.3 is 0 Å². The Kier molecular flexibility index (Phi) is 4.33. The van der Waals surface area contributed by atoms with E-state index in [4.69, 9.17) is 15.5 Å². The SMILES string of the molecule is CCOC1(c2nc(N)cc(CC)n2)CCC(C)(C)CC1. The Labute approximate surface area is 122 Å². The highest BCUT2D eigenvalue weighted by molar-refractivity contribution is 5.31. The van der Waals surface area contributed by atoms with Crippen molar-refractivity contribution in [2.75, 3.05) is 12.3 Å². The van der Waals surface area contributed by atoms with Gasteiger partial charge in [0.25, 0.3) is 0 Å². The Balaban J connectivity index is 2.36. The third-order valence-electron chi connectivity index (χ3n) is 4.40. The Morgan fingerprint density at radius 2 is 1.80 bits per heavy atom. The van der Waals surface area contributed by atoms with Gasteiger partial charge in [0.05, 0.1) is 0 Å². The summed E-state index contributed by atoms with van der Waals surface area (Å²) in [7, 11) is 0. The minimum absolute atomic E-state index is 0.344. The summed E-state index contributed by atoms with van der Waals surface area (Å²) in [5.74, 6) is 1.34. The summed E-state index contributed by atoms with van der Waals surface area (Å²) in [6.45, 7) is 9.44. The van der Waals surface area contributed by atoms with Crippen molar-refractivity contribution in [2.45, 2.75) is 65.4 Å². The minimum Gasteiger partial charge on any atom is -0.384 e. The molecule has 1 aromatic rings. The van der Waals surface area contributed by atoms with E-state index in [1.54, 1.807) is 0 Å². The number of aryl methyl sites for hydroxylation is 1. The molecule has 0 radical (unpaired) electrons. The molecule has 0 aliphatic heterocycles. The first-order valence-electron chi connectivity index (χ1n) is 7.69. The Hall–Kier alpha value is -1.16. The lowest BCUT2D eigenvalue weighted by Gasteiger charge is -2.42. The lowest BCUT2D eigenvalue weighted by atomic mass is 9.70. The normalized spacial score (nSPS) is 20.8. The number of hydrogen-bond acceptors (Lipinski definition) is 4. The molecule has 4 heteroatoms. The molecule has 1 fully saturated rings. The number of nitrogen functional groups attached to an aromatic ring is 1. The molecule has 0 atom stereocenters. The van der Waals surface area contributed by atoms with Crippen molar-refractivity contribution in [1.82, 2.24) is 9.97 Å². The van der Waals surface area contributed by atoms with Crippen molar-refractivity contribution in [2.24, 2.45) is 5.41 Å². The molecular weight excluding hydrogens is 250 g/mol. The zero-order chi connectivity index (χ0) is 14.8. The average Bonchev–Trinajstić information content (AvgIpc) is 2.41. The van der Waals surface area contributed by atoms with Crippen LogP contribution in [0.3, 0.4) is 0 Å². The predicted octanol–water partition coefficient (Wildman–Crippen LogP) is 3.45. The zero-order valence-corrected chi connectivity index (χ0v) is 13.2. The number of ether oxygens (including phenoxy) is 1. The molecule has 0 bridgehead atoms. The summed E-state index contributed by atoms with van der Waals surface area (Å²) in [6.07, 6.45) is 5.08. The highest BCUT2D eigenvalue weighted by atomic mass is 16.5. The summed E-state index contributed by atoms with van der Waals surface area (Å²) >= 11 is 0. The highest BCUT2D eigenvalue weighted by Gasteiger charge is 2.42. The van der Waals surface area contributed by atoms with Crippen molar-refractivity contribution >= 4 is 5.82 Å². The Morgan fingerprint density at radius 3 is 2.35 bits per heavy atom. The molecule has 1 aliphatic carbocycles. The van der Waals surface area contributed by atoms with E-state index in [-0.39, 0.29) is 5.60 Å². The third kappa shape index (κ3) is 3.11. The second-order valence-electron chi connectivity index (χ2n) is 6.55. The van der Waals surface area contributed by atoms with Crippen LogP contribution in [0.15, 0.2) is 6.07 Å². The maximum absolute atomic E-state index is 6.12. The van der Waals surface area contributed by atoms with Gasteiger partial charge in [-0.05, 0) is 44.4 Å². The number of anilines is 1. The third-order valence-corrected chi connectivity index (χ3v) is 4.40. The molecule has 1 aliphatic rings. The molecule has 0 aromatic carbocycles. The van der Waals surface area contributed by atoms with Gasteiger partial charge in [0.2, 0.25) is 0 Å². The van der Waals surface area contributed by atoms with Gasteiger partial charge in [-0.3, -0.25) is 0 Å². The van der Waals surface area contributed by atoms with Crippen molar-refractivity contribution in [3.63, 3.8) is 0 Å². The fourth-order valence-electron chi connectivity index (χ4n) is 2.94. The summed E-state index contributed by atoms with van der Waals surface area (Å²) < 4.78 is 6.12. The van der Waals surface area contributed by atoms with Crippen LogP contribution in [0.4, 0.5) is 5.82 Å². The average molecular weight is 277 g/mol. The monoisotopic (exact) mass is 277 g/mol. The molecule has 2 N–H and O–H groups in total. The first-order valence-corrected chi connectivity index (χ1v) is 7.69. The molecule has 0 unspecified atom stereocenters. The van der Waals surface area contributed by atoms with Gasteiger partial charge in [0.15, 0.2) is 5.82 Å². The number of hydrogen-bond donors (Lipinski definition) is 1. The van der Waals surface area contributed by atoms with Crippen molar-refractivity contribution in [1.29, 1.82) is 0 Å². The van der Waals surface area contributed by atoms with Crippen LogP contribution in [0.25, 0.3) is 0 Å². The van der Waals surface area contributed by atoms with Crippen LogP contribution < -0.4 is 5.73 Å². The van der Waals surface area contributed by atoms with Crippen LogP contribution in [-0.2, 0) is 16.8 Å². The maximum Gasteiger partial charge on any atom is 0.162 e. The molecule has 0 spiro atoms. The number of nitrogens with zero attached hydrogens (tertiary/aromatic N) is 2. The van der Waals surface area contributed by atoms with Crippen molar-refractivity contribution < 1.29 is 4.74 Å². The summed E-state index contributed by atoms with van der Waals surface area (Å²) in [5.41, 5.74) is 6.98. The van der Waals surface area contributed by atoms with Crippen LogP contribution in [-0.4, -0.2) is 16.6 Å². The van der Waals surface area contributed by atoms with E-state index in [1.807, 2.05) is 13.0 Å². The molecule has 2 rings (SSSR count). The van der Waals surface area contributed by atoms with Crippen LogP contribution in [0.2, 0.25) is 0 Å². The zero-order valence-electron chi connectivity index (χ0n) is 13.2. The molecule has 20 heavy (non-hydrogen) atoms.